The summed E-state index contributed by atoms with van der Waals surface area (Å²) in [5.41, 5.74) is 5.73. The summed E-state index contributed by atoms with van der Waals surface area (Å²) < 4.78 is 0. The number of halogens is 1. The van der Waals surface area contributed by atoms with Crippen LogP contribution in [0.5, 0.6) is 0 Å². The molecule has 1 aliphatic rings. The summed E-state index contributed by atoms with van der Waals surface area (Å²) in [5, 5.41) is 0. The molecule has 1 saturated heterocycles. The van der Waals surface area contributed by atoms with Crippen molar-refractivity contribution in [1.29, 1.82) is 0 Å². The molecule has 2 N–H and O–H groups in total. The Kier molecular flexibility index (Phi) is 3.46. The Morgan fingerprint density at radius 2 is 2.00 bits per heavy atom. The Bertz CT molecular complexity index is 89.6. The van der Waals surface area contributed by atoms with E-state index in [9.17, 15) is 0 Å². The molecular formula is C7H15ClN2. The second-order valence-corrected chi connectivity index (χ2v) is 3.25. The first-order valence-electron chi connectivity index (χ1n) is 3.87. The van der Waals surface area contributed by atoms with Crippen LogP contribution in [0.15, 0.2) is 0 Å². The number of hydrogen-bond donors (Lipinski definition) is 1. The maximum atomic E-state index is 5.73. The summed E-state index contributed by atoms with van der Waals surface area (Å²) in [4.78, 5) is 2.37. The third-order valence-electron chi connectivity index (χ3n) is 2.03. The summed E-state index contributed by atoms with van der Waals surface area (Å²) in [7, 11) is 0. The normalized spacial score (nSPS) is 23.4. The third-order valence-corrected chi connectivity index (χ3v) is 2.20. The molecule has 0 radical (unpaired) electrons. The Labute approximate surface area is 67.3 Å². The second-order valence-electron chi connectivity index (χ2n) is 2.87. The molecule has 0 aromatic heterocycles. The van der Waals surface area contributed by atoms with Crippen LogP contribution in [0.3, 0.4) is 0 Å². The van der Waals surface area contributed by atoms with E-state index in [0.717, 1.165) is 38.4 Å². The summed E-state index contributed by atoms with van der Waals surface area (Å²) >= 11 is 5.60. The predicted molar refractivity (Wildman–Crippen MR) is 44.4 cm³/mol. The number of nitrogens with zero attached hydrogens (tertiary/aromatic N) is 1. The fourth-order valence-corrected chi connectivity index (χ4v) is 1.54. The molecule has 10 heavy (non-hydrogen) atoms. The zero-order valence-corrected chi connectivity index (χ0v) is 6.98. The van der Waals surface area contributed by atoms with Gasteiger partial charge < -0.3 is 10.6 Å². The van der Waals surface area contributed by atoms with Crippen LogP contribution in [0.4, 0.5) is 0 Å². The van der Waals surface area contributed by atoms with Gasteiger partial charge >= 0.3 is 0 Å². The lowest BCUT2D eigenvalue weighted by molar-refractivity contribution is 0.224. The van der Waals surface area contributed by atoms with Gasteiger partial charge in [-0.3, -0.25) is 0 Å². The van der Waals surface area contributed by atoms with Crippen LogP contribution in [0.25, 0.3) is 0 Å². The molecule has 0 aromatic rings. The number of hydrogen-bond acceptors (Lipinski definition) is 2. The first kappa shape index (κ1) is 8.31. The SMILES string of the molecule is NC1CCN(CCCl)CC1. The van der Waals surface area contributed by atoms with Gasteiger partial charge in [-0.05, 0) is 25.9 Å². The van der Waals surface area contributed by atoms with Crippen LogP contribution in [-0.2, 0) is 0 Å². The van der Waals surface area contributed by atoms with E-state index in [1.165, 1.54) is 0 Å². The highest BCUT2D eigenvalue weighted by Gasteiger charge is 2.14. The Hall–Kier alpha value is 0.210. The molecule has 0 spiro atoms. The van der Waals surface area contributed by atoms with Gasteiger partial charge in [-0.1, -0.05) is 0 Å². The molecule has 1 rings (SSSR count). The maximum Gasteiger partial charge on any atom is 0.0351 e. The van der Waals surface area contributed by atoms with Crippen molar-refractivity contribution in [3.63, 3.8) is 0 Å². The van der Waals surface area contributed by atoms with Crippen LogP contribution in [0.1, 0.15) is 12.8 Å². The van der Waals surface area contributed by atoms with Gasteiger partial charge in [-0.25, -0.2) is 0 Å². The van der Waals surface area contributed by atoms with E-state index >= 15 is 0 Å². The highest BCUT2D eigenvalue weighted by atomic mass is 35.5. The maximum absolute atomic E-state index is 5.73. The van der Waals surface area contributed by atoms with Crippen LogP contribution in [-0.4, -0.2) is 36.5 Å². The highest BCUT2D eigenvalue weighted by molar-refractivity contribution is 6.18. The van der Waals surface area contributed by atoms with Crippen molar-refractivity contribution in [2.24, 2.45) is 5.73 Å². The van der Waals surface area contributed by atoms with Gasteiger partial charge in [0, 0.05) is 18.5 Å². The number of alkyl halides is 1. The zero-order chi connectivity index (χ0) is 7.40. The standard InChI is InChI=1S/C7H15ClN2/c8-3-6-10-4-1-7(9)2-5-10/h7H,1-6,9H2. The Balaban J connectivity index is 2.13. The summed E-state index contributed by atoms with van der Waals surface area (Å²) in [6.07, 6.45) is 2.27. The minimum Gasteiger partial charge on any atom is -0.328 e. The van der Waals surface area contributed by atoms with Gasteiger partial charge in [0.25, 0.3) is 0 Å². The summed E-state index contributed by atoms with van der Waals surface area (Å²) in [6, 6.07) is 0.437. The molecule has 2 nitrogen and oxygen atoms in total. The summed E-state index contributed by atoms with van der Waals surface area (Å²) in [5.74, 6) is 0.745. The van der Waals surface area contributed by atoms with Crippen LogP contribution < -0.4 is 5.73 Å². The van der Waals surface area contributed by atoms with Gasteiger partial charge in [0.2, 0.25) is 0 Å². The summed E-state index contributed by atoms with van der Waals surface area (Å²) in [6.45, 7) is 3.29. The average molecular weight is 163 g/mol. The number of nitrogens with two attached hydrogens (primary N) is 1. The molecule has 0 unspecified atom stereocenters. The number of piperidine rings is 1. The van der Waals surface area contributed by atoms with Crippen molar-refractivity contribution in [2.75, 3.05) is 25.5 Å². The molecule has 0 saturated carbocycles. The molecule has 1 aliphatic heterocycles. The molecule has 0 bridgehead atoms. The predicted octanol–water partition coefficient (Wildman–Crippen LogP) is 0.648. The Morgan fingerprint density at radius 3 is 2.50 bits per heavy atom. The lowest BCUT2D eigenvalue weighted by Gasteiger charge is -2.29. The van der Waals surface area contributed by atoms with E-state index in [1.54, 1.807) is 0 Å². The van der Waals surface area contributed by atoms with E-state index in [-0.39, 0.29) is 0 Å². The van der Waals surface area contributed by atoms with Gasteiger partial charge in [0.1, 0.15) is 0 Å². The van der Waals surface area contributed by atoms with Crippen LogP contribution in [0, 0.1) is 0 Å². The van der Waals surface area contributed by atoms with Gasteiger partial charge in [-0.15, -0.1) is 11.6 Å². The van der Waals surface area contributed by atoms with E-state index in [1.807, 2.05) is 0 Å². The van der Waals surface area contributed by atoms with Gasteiger partial charge in [0.15, 0.2) is 0 Å². The molecule has 3 heteroatoms. The fraction of sp³-hybridized carbons (Fsp3) is 1.00. The Morgan fingerprint density at radius 1 is 1.40 bits per heavy atom. The molecule has 1 heterocycles. The van der Waals surface area contributed by atoms with Crippen molar-refractivity contribution in [3.05, 3.63) is 0 Å². The molecule has 0 aromatic carbocycles. The second kappa shape index (κ2) is 4.16. The van der Waals surface area contributed by atoms with Gasteiger partial charge in [-0.2, -0.15) is 0 Å². The van der Waals surface area contributed by atoms with Crippen LogP contribution >= 0.6 is 11.6 Å². The lowest BCUT2D eigenvalue weighted by atomic mass is 10.1. The largest absolute Gasteiger partial charge is 0.328 e. The number of rotatable bonds is 2. The smallest absolute Gasteiger partial charge is 0.0351 e. The van der Waals surface area contributed by atoms with Crippen molar-refractivity contribution in [3.8, 4) is 0 Å². The monoisotopic (exact) mass is 162 g/mol. The number of likely N-dealkylation sites (tertiary alicyclic amines) is 1. The molecule has 0 atom stereocenters. The van der Waals surface area contributed by atoms with E-state index in [2.05, 4.69) is 4.90 Å². The van der Waals surface area contributed by atoms with Gasteiger partial charge in [0.05, 0.1) is 0 Å². The first-order valence-corrected chi connectivity index (χ1v) is 4.40. The van der Waals surface area contributed by atoms with Crippen LogP contribution in [0.2, 0.25) is 0 Å². The zero-order valence-electron chi connectivity index (χ0n) is 6.22. The van der Waals surface area contributed by atoms with E-state index in [4.69, 9.17) is 17.3 Å². The topological polar surface area (TPSA) is 29.3 Å². The van der Waals surface area contributed by atoms with Crippen molar-refractivity contribution < 1.29 is 0 Å². The van der Waals surface area contributed by atoms with Crippen molar-refractivity contribution in [2.45, 2.75) is 18.9 Å². The minimum absolute atomic E-state index is 0.437. The molecule has 0 aliphatic carbocycles. The molecule has 1 fully saturated rings. The van der Waals surface area contributed by atoms with E-state index in [0.29, 0.717) is 6.04 Å². The van der Waals surface area contributed by atoms with E-state index < -0.39 is 0 Å². The molecular weight excluding hydrogens is 148 g/mol. The van der Waals surface area contributed by atoms with Crippen molar-refractivity contribution in [1.82, 2.24) is 4.90 Å². The lowest BCUT2D eigenvalue weighted by Crippen LogP contribution is -2.40. The first-order chi connectivity index (χ1) is 4.83. The quantitative estimate of drug-likeness (QED) is 0.605. The molecule has 60 valence electrons. The fourth-order valence-electron chi connectivity index (χ4n) is 1.30. The minimum atomic E-state index is 0.437. The molecule has 0 amide bonds. The van der Waals surface area contributed by atoms with Crippen molar-refractivity contribution >= 4 is 11.6 Å². The highest BCUT2D eigenvalue weighted by Crippen LogP contribution is 2.07. The average Bonchev–Trinajstić information content (AvgIpc) is 1.95. The third kappa shape index (κ3) is 2.45.